The topological polar surface area (TPSA) is 40.5 Å². The first kappa shape index (κ1) is 16.4. The van der Waals surface area contributed by atoms with E-state index in [0.29, 0.717) is 0 Å². The van der Waals surface area contributed by atoms with Gasteiger partial charge in [-0.1, -0.05) is 18.2 Å². The molecule has 0 aromatic heterocycles. The van der Waals surface area contributed by atoms with Crippen molar-refractivity contribution < 1.29 is 9.90 Å². The summed E-state index contributed by atoms with van der Waals surface area (Å²) >= 11 is 1.91. The zero-order valence-electron chi connectivity index (χ0n) is 12.8. The molecule has 4 heteroatoms. The number of hydrogen-bond donors (Lipinski definition) is 1. The fourth-order valence-electron chi connectivity index (χ4n) is 2.63. The quantitative estimate of drug-likeness (QED) is 0.615. The molecule has 21 heavy (non-hydrogen) atoms. The van der Waals surface area contributed by atoms with Crippen LogP contribution in [0.5, 0.6) is 0 Å². The van der Waals surface area contributed by atoms with Crippen molar-refractivity contribution >= 4 is 17.7 Å². The van der Waals surface area contributed by atoms with E-state index in [4.69, 9.17) is 0 Å². The van der Waals surface area contributed by atoms with Gasteiger partial charge in [-0.25, -0.2) is 0 Å². The molecule has 1 fully saturated rings. The minimum absolute atomic E-state index is 0.500. The summed E-state index contributed by atoms with van der Waals surface area (Å²) < 4.78 is 0. The highest BCUT2D eigenvalue weighted by atomic mass is 32.2. The van der Waals surface area contributed by atoms with Crippen LogP contribution in [0.2, 0.25) is 0 Å². The van der Waals surface area contributed by atoms with Gasteiger partial charge in [-0.05, 0) is 70.1 Å². The monoisotopic (exact) mass is 307 g/mol. The summed E-state index contributed by atoms with van der Waals surface area (Å²) in [7, 11) is 0. The molecule has 0 aliphatic carbocycles. The third kappa shape index (κ3) is 5.04. The van der Waals surface area contributed by atoms with Crippen LogP contribution >= 0.6 is 11.8 Å². The average molecular weight is 307 g/mol. The molecule has 0 atom stereocenters. The minimum Gasteiger partial charge on any atom is -0.481 e. The Labute approximate surface area is 131 Å². The molecule has 0 bridgehead atoms. The highest BCUT2D eigenvalue weighted by molar-refractivity contribution is 7.99. The fraction of sp³-hybridized carbons (Fsp3) is 0.588. The summed E-state index contributed by atoms with van der Waals surface area (Å²) in [5.41, 5.74) is -0.500. The number of piperidine rings is 1. The van der Waals surface area contributed by atoms with E-state index in [1.807, 2.05) is 24.8 Å². The number of carboxylic acids is 1. The summed E-state index contributed by atoms with van der Waals surface area (Å²) in [6.45, 7) is 4.83. The first-order valence-corrected chi connectivity index (χ1v) is 8.72. The molecule has 1 aliphatic rings. The molecule has 3 nitrogen and oxygen atoms in total. The zero-order valence-corrected chi connectivity index (χ0v) is 13.6. The average Bonchev–Trinajstić information content (AvgIpc) is 2.50. The summed E-state index contributed by atoms with van der Waals surface area (Å²) in [5, 5.41) is 9.22. The SMILES string of the molecule is CC1(C(=O)O)CCN(CCCCSc2ccccc2)CC1. The Hall–Kier alpha value is -1.00. The number of unbranched alkanes of at least 4 members (excludes halogenated alkanes) is 1. The summed E-state index contributed by atoms with van der Waals surface area (Å²) in [4.78, 5) is 15.0. The van der Waals surface area contributed by atoms with E-state index in [9.17, 15) is 9.90 Å². The number of carboxylic acid groups (broad SMARTS) is 1. The van der Waals surface area contributed by atoms with Crippen LogP contribution < -0.4 is 0 Å². The Morgan fingerprint density at radius 1 is 1.24 bits per heavy atom. The second kappa shape index (κ2) is 7.85. The van der Waals surface area contributed by atoms with Crippen LogP contribution in [0.25, 0.3) is 0 Å². The van der Waals surface area contributed by atoms with E-state index in [-0.39, 0.29) is 0 Å². The molecule has 1 aliphatic heterocycles. The van der Waals surface area contributed by atoms with Gasteiger partial charge >= 0.3 is 5.97 Å². The lowest BCUT2D eigenvalue weighted by Gasteiger charge is -2.36. The Morgan fingerprint density at radius 3 is 2.52 bits per heavy atom. The number of carbonyl (C=O) groups is 1. The summed E-state index contributed by atoms with van der Waals surface area (Å²) in [6, 6.07) is 10.5. The summed E-state index contributed by atoms with van der Waals surface area (Å²) in [5.74, 6) is 0.520. The van der Waals surface area contributed by atoms with E-state index >= 15 is 0 Å². The molecule has 1 saturated heterocycles. The van der Waals surface area contributed by atoms with Crippen molar-refractivity contribution in [1.29, 1.82) is 0 Å². The third-order valence-corrected chi connectivity index (χ3v) is 5.45. The number of benzene rings is 1. The van der Waals surface area contributed by atoms with Crippen molar-refractivity contribution in [3.05, 3.63) is 30.3 Å². The predicted octanol–water partition coefficient (Wildman–Crippen LogP) is 3.75. The number of nitrogens with zero attached hydrogens (tertiary/aromatic N) is 1. The molecule has 116 valence electrons. The van der Waals surface area contributed by atoms with Crippen molar-refractivity contribution in [2.45, 2.75) is 37.5 Å². The van der Waals surface area contributed by atoms with Gasteiger partial charge in [0.15, 0.2) is 0 Å². The van der Waals surface area contributed by atoms with Crippen molar-refractivity contribution in [1.82, 2.24) is 4.90 Å². The molecule has 0 saturated carbocycles. The zero-order chi connectivity index (χ0) is 15.1. The third-order valence-electron chi connectivity index (χ3n) is 4.36. The Morgan fingerprint density at radius 2 is 1.90 bits per heavy atom. The molecule has 2 rings (SSSR count). The molecule has 1 N–H and O–H groups in total. The van der Waals surface area contributed by atoms with Gasteiger partial charge in [0.2, 0.25) is 0 Å². The predicted molar refractivity (Wildman–Crippen MR) is 87.8 cm³/mol. The second-order valence-electron chi connectivity index (χ2n) is 6.08. The van der Waals surface area contributed by atoms with Crippen molar-refractivity contribution in [3.63, 3.8) is 0 Å². The van der Waals surface area contributed by atoms with Crippen LogP contribution in [-0.2, 0) is 4.79 Å². The van der Waals surface area contributed by atoms with E-state index in [2.05, 4.69) is 29.2 Å². The van der Waals surface area contributed by atoms with E-state index in [1.165, 1.54) is 17.7 Å². The molecule has 1 aromatic rings. The lowest BCUT2D eigenvalue weighted by Crippen LogP contribution is -2.42. The van der Waals surface area contributed by atoms with Crippen molar-refractivity contribution in [3.8, 4) is 0 Å². The van der Waals surface area contributed by atoms with Crippen LogP contribution in [0, 0.1) is 5.41 Å². The van der Waals surface area contributed by atoms with Gasteiger partial charge in [0.25, 0.3) is 0 Å². The van der Waals surface area contributed by atoms with E-state index < -0.39 is 11.4 Å². The van der Waals surface area contributed by atoms with Crippen LogP contribution in [0.15, 0.2) is 35.2 Å². The number of likely N-dealkylation sites (tertiary alicyclic amines) is 1. The molecule has 0 unspecified atom stereocenters. The molecular formula is C17H25NO2S. The smallest absolute Gasteiger partial charge is 0.309 e. The maximum Gasteiger partial charge on any atom is 0.309 e. The van der Waals surface area contributed by atoms with Gasteiger partial charge in [-0.2, -0.15) is 0 Å². The molecular weight excluding hydrogens is 282 g/mol. The van der Waals surface area contributed by atoms with Crippen molar-refractivity contribution in [2.24, 2.45) is 5.41 Å². The van der Waals surface area contributed by atoms with Gasteiger partial charge in [0.05, 0.1) is 5.41 Å². The number of aliphatic carboxylic acids is 1. The normalized spacial score (nSPS) is 18.5. The Bertz CT molecular complexity index is 441. The lowest BCUT2D eigenvalue weighted by molar-refractivity contribution is -0.150. The Kier molecular flexibility index (Phi) is 6.12. The largest absolute Gasteiger partial charge is 0.481 e. The molecule has 1 heterocycles. The maximum absolute atomic E-state index is 11.2. The van der Waals surface area contributed by atoms with Gasteiger partial charge in [0, 0.05) is 4.90 Å². The van der Waals surface area contributed by atoms with Gasteiger partial charge < -0.3 is 10.0 Å². The molecule has 0 amide bonds. The van der Waals surface area contributed by atoms with Gasteiger partial charge in [0.1, 0.15) is 0 Å². The number of hydrogen-bond acceptors (Lipinski definition) is 3. The first-order valence-electron chi connectivity index (χ1n) is 7.74. The van der Waals surface area contributed by atoms with Crippen molar-refractivity contribution in [2.75, 3.05) is 25.4 Å². The van der Waals surface area contributed by atoms with Gasteiger partial charge in [-0.3, -0.25) is 4.79 Å². The van der Waals surface area contributed by atoms with Gasteiger partial charge in [-0.15, -0.1) is 11.8 Å². The second-order valence-corrected chi connectivity index (χ2v) is 7.24. The molecule has 1 aromatic carbocycles. The molecule has 0 spiro atoms. The highest BCUT2D eigenvalue weighted by Crippen LogP contribution is 2.31. The fourth-order valence-corrected chi connectivity index (χ4v) is 3.56. The first-order chi connectivity index (χ1) is 10.1. The Balaban J connectivity index is 1.57. The number of thioether (sulfide) groups is 1. The van der Waals surface area contributed by atoms with Crippen LogP contribution in [-0.4, -0.2) is 41.4 Å². The lowest BCUT2D eigenvalue weighted by atomic mass is 9.80. The number of rotatable bonds is 7. The summed E-state index contributed by atoms with van der Waals surface area (Å²) in [6.07, 6.45) is 3.97. The van der Waals surface area contributed by atoms with E-state index in [0.717, 1.165) is 38.2 Å². The van der Waals surface area contributed by atoms with Crippen LogP contribution in [0.3, 0.4) is 0 Å². The van der Waals surface area contributed by atoms with Crippen LogP contribution in [0.4, 0.5) is 0 Å². The van der Waals surface area contributed by atoms with Crippen LogP contribution in [0.1, 0.15) is 32.6 Å². The van der Waals surface area contributed by atoms with E-state index in [1.54, 1.807) is 0 Å². The standard InChI is InChI=1S/C17H25NO2S/c1-17(16(19)20)9-12-18(13-10-17)11-5-6-14-21-15-7-3-2-4-8-15/h2-4,7-8H,5-6,9-14H2,1H3,(H,19,20). The minimum atomic E-state index is -0.638. The maximum atomic E-state index is 11.2. The molecule has 0 radical (unpaired) electrons. The highest BCUT2D eigenvalue weighted by Gasteiger charge is 2.36.